The van der Waals surface area contributed by atoms with Gasteiger partial charge in [-0.2, -0.15) is 0 Å². The highest BCUT2D eigenvalue weighted by Gasteiger charge is 2.32. The van der Waals surface area contributed by atoms with Crippen LogP contribution in [0.4, 0.5) is 4.39 Å². The van der Waals surface area contributed by atoms with Crippen molar-refractivity contribution in [1.82, 2.24) is 9.97 Å². The number of Topliss-reactive ketones (excluding diaryl/α,β-unsaturated/α-hetero) is 1. The number of nitrogens with two attached hydrogens (primary N) is 1. The normalized spacial score (nSPS) is 19.7. The smallest absolute Gasteiger partial charge is 0.316 e. The summed E-state index contributed by atoms with van der Waals surface area (Å²) >= 11 is 1.46. The molecular weight excluding hydrogens is 355 g/mol. The van der Waals surface area contributed by atoms with Crippen LogP contribution in [0.25, 0.3) is 0 Å². The third-order valence-electron chi connectivity index (χ3n) is 4.30. The number of carbonyl (C=O) groups excluding carboxylic acids is 1. The van der Waals surface area contributed by atoms with Crippen molar-refractivity contribution < 1.29 is 13.9 Å². The van der Waals surface area contributed by atoms with Gasteiger partial charge in [0.25, 0.3) is 0 Å². The number of halogens is 1. The van der Waals surface area contributed by atoms with E-state index in [2.05, 4.69) is 15.0 Å². The van der Waals surface area contributed by atoms with Gasteiger partial charge in [-0.1, -0.05) is 17.8 Å². The average Bonchev–Trinajstić information content (AvgIpc) is 2.63. The lowest BCUT2D eigenvalue weighted by molar-refractivity contribution is 0.0992. The maximum atomic E-state index is 14.4. The van der Waals surface area contributed by atoms with Gasteiger partial charge >= 0.3 is 6.01 Å². The van der Waals surface area contributed by atoms with Gasteiger partial charge in [-0.15, -0.1) is 0 Å². The van der Waals surface area contributed by atoms with Crippen molar-refractivity contribution in [3.8, 4) is 6.01 Å². The minimum atomic E-state index is -0.721. The molecule has 136 valence electrons. The first kappa shape index (κ1) is 18.3. The first-order valence-corrected chi connectivity index (χ1v) is 9.06. The van der Waals surface area contributed by atoms with Crippen LogP contribution in [0.1, 0.15) is 34.8 Å². The van der Waals surface area contributed by atoms with Crippen LogP contribution in [-0.4, -0.2) is 33.8 Å². The van der Waals surface area contributed by atoms with Crippen molar-refractivity contribution >= 4 is 22.7 Å². The van der Waals surface area contributed by atoms with Gasteiger partial charge < -0.3 is 10.5 Å². The number of benzene rings is 1. The SMILES string of the molecule is COc1ncc(C(=O)Cc2ccc(F)c([C@]3(C)CCSC(N)=N3)c2)cn1. The third kappa shape index (κ3) is 3.85. The van der Waals surface area contributed by atoms with Crippen molar-refractivity contribution in [3.63, 3.8) is 0 Å². The maximum Gasteiger partial charge on any atom is 0.316 e. The molecule has 26 heavy (non-hydrogen) atoms. The van der Waals surface area contributed by atoms with Crippen LogP contribution in [-0.2, 0) is 12.0 Å². The van der Waals surface area contributed by atoms with Crippen molar-refractivity contribution in [3.05, 3.63) is 53.1 Å². The quantitative estimate of drug-likeness (QED) is 0.809. The zero-order chi connectivity index (χ0) is 18.7. The lowest BCUT2D eigenvalue weighted by Crippen LogP contribution is -2.29. The molecule has 1 aromatic carbocycles. The molecule has 2 aromatic rings. The molecule has 2 N–H and O–H groups in total. The van der Waals surface area contributed by atoms with Gasteiger partial charge in [0.2, 0.25) is 0 Å². The molecule has 2 heterocycles. The Hall–Kier alpha value is -2.48. The van der Waals surface area contributed by atoms with E-state index in [0.717, 1.165) is 5.75 Å². The highest BCUT2D eigenvalue weighted by atomic mass is 32.2. The lowest BCUT2D eigenvalue weighted by atomic mass is 9.87. The van der Waals surface area contributed by atoms with Crippen LogP contribution < -0.4 is 10.5 Å². The Labute approximate surface area is 155 Å². The molecule has 0 saturated heterocycles. The number of nitrogens with zero attached hydrogens (tertiary/aromatic N) is 3. The summed E-state index contributed by atoms with van der Waals surface area (Å²) in [6.07, 6.45) is 3.64. The monoisotopic (exact) mass is 374 g/mol. The summed E-state index contributed by atoms with van der Waals surface area (Å²) in [5, 5.41) is 0.454. The van der Waals surface area contributed by atoms with Crippen molar-refractivity contribution in [2.75, 3.05) is 12.9 Å². The number of carbonyl (C=O) groups is 1. The molecule has 0 fully saturated rings. The Morgan fingerprint density at radius 3 is 2.77 bits per heavy atom. The highest BCUT2D eigenvalue weighted by Crippen LogP contribution is 2.36. The van der Waals surface area contributed by atoms with Gasteiger partial charge in [0, 0.05) is 30.1 Å². The summed E-state index contributed by atoms with van der Waals surface area (Å²) in [6, 6.07) is 4.88. The van der Waals surface area contributed by atoms with Crippen LogP contribution in [0.15, 0.2) is 35.6 Å². The average molecular weight is 374 g/mol. The molecule has 6 nitrogen and oxygen atoms in total. The van der Waals surface area contributed by atoms with E-state index in [0.29, 0.717) is 28.3 Å². The van der Waals surface area contributed by atoms with E-state index in [9.17, 15) is 9.18 Å². The molecule has 0 aliphatic carbocycles. The first-order valence-electron chi connectivity index (χ1n) is 8.07. The Morgan fingerprint density at radius 1 is 1.38 bits per heavy atom. The predicted molar refractivity (Wildman–Crippen MR) is 99.1 cm³/mol. The van der Waals surface area contributed by atoms with Gasteiger partial charge in [-0.3, -0.25) is 9.79 Å². The molecule has 1 aromatic heterocycles. The number of ether oxygens (including phenoxy) is 1. The van der Waals surface area contributed by atoms with E-state index >= 15 is 0 Å². The van der Waals surface area contributed by atoms with E-state index in [-0.39, 0.29) is 24.0 Å². The van der Waals surface area contributed by atoms with Crippen LogP contribution in [0.3, 0.4) is 0 Å². The number of aromatic nitrogens is 2. The zero-order valence-electron chi connectivity index (χ0n) is 14.5. The van der Waals surface area contributed by atoms with Gasteiger partial charge in [0.15, 0.2) is 11.0 Å². The summed E-state index contributed by atoms with van der Waals surface area (Å²) in [7, 11) is 1.45. The first-order chi connectivity index (χ1) is 12.4. The largest absolute Gasteiger partial charge is 0.467 e. The number of hydrogen-bond acceptors (Lipinski definition) is 7. The summed E-state index contributed by atoms with van der Waals surface area (Å²) in [5.74, 6) is 0.273. The van der Waals surface area contributed by atoms with E-state index in [1.54, 1.807) is 12.1 Å². The van der Waals surface area contributed by atoms with Gasteiger partial charge in [-0.25, -0.2) is 14.4 Å². The fraction of sp³-hybridized carbons (Fsp3) is 0.333. The number of rotatable bonds is 5. The second-order valence-corrected chi connectivity index (χ2v) is 7.31. The predicted octanol–water partition coefficient (Wildman–Crippen LogP) is 2.72. The number of thioether (sulfide) groups is 1. The zero-order valence-corrected chi connectivity index (χ0v) is 15.3. The molecule has 8 heteroatoms. The third-order valence-corrected chi connectivity index (χ3v) is 5.10. The van der Waals surface area contributed by atoms with Crippen LogP contribution >= 0.6 is 11.8 Å². The van der Waals surface area contributed by atoms with Gasteiger partial charge in [0.05, 0.1) is 18.2 Å². The Balaban J connectivity index is 1.85. The van der Waals surface area contributed by atoms with Gasteiger partial charge in [-0.05, 0) is 31.0 Å². The number of aliphatic imine (C=N–C) groups is 1. The summed E-state index contributed by atoms with van der Waals surface area (Å²) in [5.41, 5.74) is 6.64. The molecule has 0 unspecified atom stereocenters. The topological polar surface area (TPSA) is 90.5 Å². The summed E-state index contributed by atoms with van der Waals surface area (Å²) in [4.78, 5) is 24.8. The number of ketones is 1. The Morgan fingerprint density at radius 2 is 2.12 bits per heavy atom. The molecule has 0 spiro atoms. The number of hydrogen-bond donors (Lipinski definition) is 1. The lowest BCUT2D eigenvalue weighted by Gasteiger charge is -2.30. The molecular formula is C18H19FN4O2S. The van der Waals surface area contributed by atoms with Crippen molar-refractivity contribution in [2.24, 2.45) is 10.7 Å². The van der Waals surface area contributed by atoms with Gasteiger partial charge in [0.1, 0.15) is 5.82 Å². The molecule has 1 aliphatic heterocycles. The highest BCUT2D eigenvalue weighted by molar-refractivity contribution is 8.13. The number of amidine groups is 1. The van der Waals surface area contributed by atoms with Crippen LogP contribution in [0.2, 0.25) is 0 Å². The second-order valence-electron chi connectivity index (χ2n) is 6.19. The van der Waals surface area contributed by atoms with E-state index in [1.807, 2.05) is 6.92 Å². The molecule has 3 rings (SSSR count). The molecule has 0 radical (unpaired) electrons. The fourth-order valence-corrected chi connectivity index (χ4v) is 3.80. The van der Waals surface area contributed by atoms with E-state index in [4.69, 9.17) is 10.5 Å². The summed E-state index contributed by atoms with van der Waals surface area (Å²) in [6.45, 7) is 1.86. The molecule has 0 bridgehead atoms. The minimum Gasteiger partial charge on any atom is -0.467 e. The molecule has 0 amide bonds. The fourth-order valence-electron chi connectivity index (χ4n) is 2.83. The molecule has 1 atom stereocenters. The second kappa shape index (κ2) is 7.41. The maximum absolute atomic E-state index is 14.4. The van der Waals surface area contributed by atoms with E-state index in [1.165, 1.54) is 37.3 Å². The van der Waals surface area contributed by atoms with Crippen molar-refractivity contribution in [2.45, 2.75) is 25.3 Å². The Bertz CT molecular complexity index is 857. The van der Waals surface area contributed by atoms with E-state index < -0.39 is 5.54 Å². The summed E-state index contributed by atoms with van der Waals surface area (Å²) < 4.78 is 19.3. The molecule has 0 saturated carbocycles. The van der Waals surface area contributed by atoms with Crippen LogP contribution in [0.5, 0.6) is 6.01 Å². The standard InChI is InChI=1S/C18H19FN4O2S/c1-18(5-6-26-16(20)23-18)13-7-11(3-4-14(13)19)8-15(24)12-9-21-17(25-2)22-10-12/h3-4,7,9-10H,5-6,8H2,1-2H3,(H2,20,23)/t18-/m0/s1. The minimum absolute atomic E-state index is 0.118. The number of methoxy groups -OCH3 is 1. The van der Waals surface area contributed by atoms with Crippen LogP contribution in [0, 0.1) is 5.82 Å². The molecule has 1 aliphatic rings. The Kier molecular flexibility index (Phi) is 5.22. The van der Waals surface area contributed by atoms with Crippen molar-refractivity contribution in [1.29, 1.82) is 0 Å².